The van der Waals surface area contributed by atoms with E-state index in [1.54, 1.807) is 13.0 Å². The van der Waals surface area contributed by atoms with Crippen LogP contribution in [-0.2, 0) is 6.42 Å². The lowest BCUT2D eigenvalue weighted by molar-refractivity contribution is 0.218. The maximum atomic E-state index is 13.3. The second-order valence-electron chi connectivity index (χ2n) is 4.31. The molecule has 0 bridgehead atoms. The average molecular weight is 281 g/mol. The van der Waals surface area contributed by atoms with E-state index in [1.165, 1.54) is 18.2 Å². The zero-order valence-electron chi connectivity index (χ0n) is 10.7. The number of benzene rings is 1. The van der Waals surface area contributed by atoms with Crippen molar-refractivity contribution in [3.63, 3.8) is 0 Å². The molecular weight excluding hydrogens is 267 g/mol. The second-order valence-corrected chi connectivity index (χ2v) is 4.72. The Balaban J connectivity index is 2.51. The number of aryl methyl sites for hydroxylation is 2. The molecule has 0 aliphatic carbocycles. The number of hydrogen-bond donors (Lipinski definition) is 1. The van der Waals surface area contributed by atoms with E-state index >= 15 is 0 Å². The monoisotopic (exact) mass is 280 g/mol. The molecule has 0 aliphatic rings. The molecule has 0 saturated carbocycles. The van der Waals surface area contributed by atoms with Gasteiger partial charge in [-0.2, -0.15) is 10.2 Å². The van der Waals surface area contributed by atoms with Crippen molar-refractivity contribution >= 4 is 11.6 Å². The number of halogens is 2. The van der Waals surface area contributed by atoms with E-state index in [9.17, 15) is 9.50 Å². The van der Waals surface area contributed by atoms with E-state index in [-0.39, 0.29) is 0 Å². The third kappa shape index (κ3) is 2.91. The summed E-state index contributed by atoms with van der Waals surface area (Å²) in [5.74, 6) is -0.435. The zero-order chi connectivity index (χ0) is 14.0. The molecule has 1 aromatic carbocycles. The van der Waals surface area contributed by atoms with Gasteiger partial charge in [0, 0.05) is 16.1 Å². The summed E-state index contributed by atoms with van der Waals surface area (Å²) in [6.45, 7) is 3.71. The Hall–Kier alpha value is -1.52. The Bertz CT molecular complexity index is 604. The van der Waals surface area contributed by atoms with Gasteiger partial charge < -0.3 is 5.11 Å². The number of rotatable bonds is 3. The van der Waals surface area contributed by atoms with Crippen molar-refractivity contribution in [3.8, 4) is 0 Å². The summed E-state index contributed by atoms with van der Waals surface area (Å²) in [5, 5.41) is 18.7. The van der Waals surface area contributed by atoms with Gasteiger partial charge in [-0.3, -0.25) is 0 Å². The minimum atomic E-state index is -1.01. The SMILES string of the molecule is CCc1nnc(C)cc1C(O)c1cc(F)ccc1Cl. The molecule has 2 rings (SSSR count). The smallest absolute Gasteiger partial charge is 0.123 e. The number of aliphatic hydroxyl groups excluding tert-OH is 1. The molecule has 0 fully saturated rings. The van der Waals surface area contributed by atoms with E-state index in [1.807, 2.05) is 6.92 Å². The molecule has 1 N–H and O–H groups in total. The van der Waals surface area contributed by atoms with Gasteiger partial charge in [-0.15, -0.1) is 0 Å². The van der Waals surface area contributed by atoms with Crippen LogP contribution < -0.4 is 0 Å². The molecule has 0 saturated heterocycles. The van der Waals surface area contributed by atoms with E-state index in [0.29, 0.717) is 34.0 Å². The highest BCUT2D eigenvalue weighted by molar-refractivity contribution is 6.31. The second kappa shape index (κ2) is 5.63. The van der Waals surface area contributed by atoms with Gasteiger partial charge in [0.05, 0.1) is 11.4 Å². The fourth-order valence-electron chi connectivity index (χ4n) is 1.94. The molecule has 5 heteroatoms. The van der Waals surface area contributed by atoms with Gasteiger partial charge >= 0.3 is 0 Å². The van der Waals surface area contributed by atoms with Crippen LogP contribution in [0.15, 0.2) is 24.3 Å². The Kier molecular flexibility index (Phi) is 4.12. The first-order valence-electron chi connectivity index (χ1n) is 5.99. The summed E-state index contributed by atoms with van der Waals surface area (Å²) in [6, 6.07) is 5.68. The molecule has 0 radical (unpaired) electrons. The van der Waals surface area contributed by atoms with Crippen LogP contribution in [0.3, 0.4) is 0 Å². The Labute approximate surface area is 116 Å². The summed E-state index contributed by atoms with van der Waals surface area (Å²) in [6.07, 6.45) is -0.376. The normalized spacial score (nSPS) is 12.5. The van der Waals surface area contributed by atoms with Crippen LogP contribution in [0, 0.1) is 12.7 Å². The van der Waals surface area contributed by atoms with Crippen LogP contribution in [0.25, 0.3) is 0 Å². The standard InChI is InChI=1S/C14H14ClFN2O/c1-3-13-11(6-8(2)17-18-13)14(19)10-7-9(16)4-5-12(10)15/h4-7,14,19H,3H2,1-2H3. The first-order valence-corrected chi connectivity index (χ1v) is 6.36. The van der Waals surface area contributed by atoms with Crippen LogP contribution in [0.5, 0.6) is 0 Å². The van der Waals surface area contributed by atoms with E-state index < -0.39 is 11.9 Å². The largest absolute Gasteiger partial charge is 0.384 e. The van der Waals surface area contributed by atoms with E-state index in [4.69, 9.17) is 11.6 Å². The molecule has 1 heterocycles. The molecule has 2 aromatic rings. The van der Waals surface area contributed by atoms with Crippen LogP contribution in [0.2, 0.25) is 5.02 Å². The predicted octanol–water partition coefficient (Wildman–Crippen LogP) is 3.22. The summed E-state index contributed by atoms with van der Waals surface area (Å²) < 4.78 is 13.3. The molecule has 0 aliphatic heterocycles. The highest BCUT2D eigenvalue weighted by Gasteiger charge is 2.19. The van der Waals surface area contributed by atoms with Gasteiger partial charge in [-0.1, -0.05) is 18.5 Å². The highest BCUT2D eigenvalue weighted by Crippen LogP contribution is 2.30. The molecule has 3 nitrogen and oxygen atoms in total. The van der Waals surface area contributed by atoms with Gasteiger partial charge in [-0.25, -0.2) is 4.39 Å². The Morgan fingerprint density at radius 3 is 2.68 bits per heavy atom. The zero-order valence-corrected chi connectivity index (χ0v) is 11.4. The van der Waals surface area contributed by atoms with Gasteiger partial charge in [-0.05, 0) is 37.6 Å². The van der Waals surface area contributed by atoms with Gasteiger partial charge in [0.25, 0.3) is 0 Å². The maximum Gasteiger partial charge on any atom is 0.123 e. The van der Waals surface area contributed by atoms with Crippen LogP contribution >= 0.6 is 11.6 Å². The van der Waals surface area contributed by atoms with Crippen LogP contribution in [0.4, 0.5) is 4.39 Å². The van der Waals surface area contributed by atoms with Crippen molar-refractivity contribution in [1.29, 1.82) is 0 Å². The number of nitrogens with zero attached hydrogens (tertiary/aromatic N) is 2. The summed E-state index contributed by atoms with van der Waals surface area (Å²) in [5.41, 5.74) is 2.32. The van der Waals surface area contributed by atoms with Crippen molar-refractivity contribution in [2.75, 3.05) is 0 Å². The lowest BCUT2D eigenvalue weighted by Gasteiger charge is -2.16. The Morgan fingerprint density at radius 2 is 2.00 bits per heavy atom. The fraction of sp³-hybridized carbons (Fsp3) is 0.286. The third-order valence-electron chi connectivity index (χ3n) is 2.91. The van der Waals surface area contributed by atoms with Crippen molar-refractivity contribution in [2.24, 2.45) is 0 Å². The van der Waals surface area contributed by atoms with E-state index in [0.717, 1.165) is 0 Å². The number of aliphatic hydroxyl groups is 1. The Morgan fingerprint density at radius 1 is 1.26 bits per heavy atom. The quantitative estimate of drug-likeness (QED) is 0.939. The number of aromatic nitrogens is 2. The third-order valence-corrected chi connectivity index (χ3v) is 3.25. The van der Waals surface area contributed by atoms with Crippen molar-refractivity contribution < 1.29 is 9.50 Å². The minimum Gasteiger partial charge on any atom is -0.384 e. The minimum absolute atomic E-state index is 0.324. The van der Waals surface area contributed by atoms with E-state index in [2.05, 4.69) is 10.2 Å². The summed E-state index contributed by atoms with van der Waals surface area (Å²) >= 11 is 6.01. The first kappa shape index (κ1) is 13.9. The highest BCUT2D eigenvalue weighted by atomic mass is 35.5. The van der Waals surface area contributed by atoms with Crippen molar-refractivity contribution in [3.05, 3.63) is 57.6 Å². The average Bonchev–Trinajstić information content (AvgIpc) is 2.40. The van der Waals surface area contributed by atoms with Gasteiger partial charge in [0.15, 0.2) is 0 Å². The summed E-state index contributed by atoms with van der Waals surface area (Å²) in [7, 11) is 0. The maximum absolute atomic E-state index is 13.3. The molecule has 0 spiro atoms. The van der Waals surface area contributed by atoms with Gasteiger partial charge in [0.1, 0.15) is 11.9 Å². The topological polar surface area (TPSA) is 46.0 Å². The lowest BCUT2D eigenvalue weighted by Crippen LogP contribution is -2.08. The lowest BCUT2D eigenvalue weighted by atomic mass is 9.99. The predicted molar refractivity (Wildman–Crippen MR) is 71.6 cm³/mol. The van der Waals surface area contributed by atoms with Gasteiger partial charge in [0.2, 0.25) is 0 Å². The molecule has 19 heavy (non-hydrogen) atoms. The molecule has 0 amide bonds. The molecule has 1 aromatic heterocycles. The van der Waals surface area contributed by atoms with Crippen molar-refractivity contribution in [2.45, 2.75) is 26.4 Å². The molecule has 1 unspecified atom stereocenters. The number of hydrogen-bond acceptors (Lipinski definition) is 3. The molecule has 100 valence electrons. The fourth-order valence-corrected chi connectivity index (χ4v) is 2.16. The molecular formula is C14H14ClFN2O. The van der Waals surface area contributed by atoms with Crippen molar-refractivity contribution in [1.82, 2.24) is 10.2 Å². The summed E-state index contributed by atoms with van der Waals surface area (Å²) in [4.78, 5) is 0. The molecule has 1 atom stereocenters. The van der Waals surface area contributed by atoms with Crippen LogP contribution in [0.1, 0.15) is 35.5 Å². The first-order chi connectivity index (χ1) is 9.02. The van der Waals surface area contributed by atoms with Crippen LogP contribution in [-0.4, -0.2) is 15.3 Å².